The van der Waals surface area contributed by atoms with Gasteiger partial charge in [-0.15, -0.1) is 0 Å². The van der Waals surface area contributed by atoms with Crippen molar-refractivity contribution >= 4 is 5.69 Å². The number of nitro groups is 1. The Morgan fingerprint density at radius 1 is 1.29 bits per heavy atom. The molecule has 0 saturated heterocycles. The standard InChI is InChI=1S/C11H9N3O3/c1-8-3-2-4-10(5-8)17-11-12-6-9(7-13-11)14(15)16/h2-7H,1H3. The van der Waals surface area contributed by atoms with E-state index in [1.807, 2.05) is 25.1 Å². The Morgan fingerprint density at radius 3 is 2.59 bits per heavy atom. The molecule has 0 N–H and O–H groups in total. The van der Waals surface area contributed by atoms with Gasteiger partial charge in [0.25, 0.3) is 0 Å². The molecule has 0 unspecified atom stereocenters. The number of aryl methyl sites for hydroxylation is 1. The minimum absolute atomic E-state index is 0.0844. The molecular weight excluding hydrogens is 222 g/mol. The normalized spacial score (nSPS) is 9.94. The summed E-state index contributed by atoms with van der Waals surface area (Å²) in [5.41, 5.74) is 0.881. The van der Waals surface area contributed by atoms with Crippen molar-refractivity contribution in [2.24, 2.45) is 0 Å². The van der Waals surface area contributed by atoms with Gasteiger partial charge in [0.2, 0.25) is 0 Å². The van der Waals surface area contributed by atoms with Crippen LogP contribution in [0.5, 0.6) is 11.8 Å². The van der Waals surface area contributed by atoms with Gasteiger partial charge in [-0.1, -0.05) is 12.1 Å². The van der Waals surface area contributed by atoms with E-state index in [9.17, 15) is 10.1 Å². The maximum atomic E-state index is 10.4. The van der Waals surface area contributed by atoms with Crippen molar-refractivity contribution in [2.75, 3.05) is 0 Å². The average Bonchev–Trinajstić information content (AvgIpc) is 2.29. The van der Waals surface area contributed by atoms with Crippen molar-refractivity contribution in [3.05, 3.63) is 52.3 Å². The molecule has 6 heteroatoms. The Kier molecular flexibility index (Phi) is 2.95. The van der Waals surface area contributed by atoms with E-state index in [1.54, 1.807) is 6.07 Å². The van der Waals surface area contributed by atoms with Gasteiger partial charge in [-0.2, -0.15) is 9.97 Å². The molecule has 0 spiro atoms. The van der Waals surface area contributed by atoms with E-state index in [0.29, 0.717) is 5.75 Å². The number of benzene rings is 1. The molecule has 0 saturated carbocycles. The van der Waals surface area contributed by atoms with Crippen molar-refractivity contribution in [1.29, 1.82) is 0 Å². The van der Waals surface area contributed by atoms with Gasteiger partial charge in [0.05, 0.1) is 4.92 Å². The van der Waals surface area contributed by atoms with E-state index in [0.717, 1.165) is 18.0 Å². The molecule has 17 heavy (non-hydrogen) atoms. The van der Waals surface area contributed by atoms with E-state index < -0.39 is 4.92 Å². The first-order valence-corrected chi connectivity index (χ1v) is 4.86. The maximum absolute atomic E-state index is 10.4. The summed E-state index contributed by atoms with van der Waals surface area (Å²) >= 11 is 0. The molecule has 1 aromatic carbocycles. The number of aromatic nitrogens is 2. The largest absolute Gasteiger partial charge is 0.424 e. The maximum Gasteiger partial charge on any atom is 0.322 e. The lowest BCUT2D eigenvalue weighted by Crippen LogP contribution is -1.94. The second-order valence-corrected chi connectivity index (χ2v) is 3.40. The molecule has 0 aliphatic heterocycles. The first-order valence-electron chi connectivity index (χ1n) is 4.86. The third-order valence-corrected chi connectivity index (χ3v) is 2.02. The molecule has 1 aromatic heterocycles. The average molecular weight is 231 g/mol. The summed E-state index contributed by atoms with van der Waals surface area (Å²) in [6.07, 6.45) is 2.22. The quantitative estimate of drug-likeness (QED) is 0.599. The van der Waals surface area contributed by atoms with Crippen LogP contribution >= 0.6 is 0 Å². The molecule has 0 atom stereocenters. The van der Waals surface area contributed by atoms with E-state index >= 15 is 0 Å². The minimum Gasteiger partial charge on any atom is -0.424 e. The van der Waals surface area contributed by atoms with Gasteiger partial charge in [-0.25, -0.2) is 0 Å². The van der Waals surface area contributed by atoms with E-state index in [-0.39, 0.29) is 11.7 Å². The lowest BCUT2D eigenvalue weighted by molar-refractivity contribution is -0.385. The van der Waals surface area contributed by atoms with Crippen LogP contribution in [0.4, 0.5) is 5.69 Å². The number of ether oxygens (including phenoxy) is 1. The van der Waals surface area contributed by atoms with Gasteiger partial charge in [0, 0.05) is 0 Å². The third kappa shape index (κ3) is 2.75. The molecule has 2 aromatic rings. The fourth-order valence-electron chi connectivity index (χ4n) is 1.24. The van der Waals surface area contributed by atoms with Crippen LogP contribution in [0.2, 0.25) is 0 Å². The third-order valence-electron chi connectivity index (χ3n) is 2.02. The van der Waals surface area contributed by atoms with Gasteiger partial charge in [0.15, 0.2) is 0 Å². The molecule has 86 valence electrons. The molecule has 0 bridgehead atoms. The monoisotopic (exact) mass is 231 g/mol. The van der Waals surface area contributed by atoms with Crippen LogP contribution in [-0.4, -0.2) is 14.9 Å². The summed E-state index contributed by atoms with van der Waals surface area (Å²) in [6.45, 7) is 1.93. The minimum atomic E-state index is -0.559. The number of rotatable bonds is 3. The molecule has 0 aliphatic rings. The summed E-state index contributed by atoms with van der Waals surface area (Å²) < 4.78 is 5.35. The topological polar surface area (TPSA) is 78.2 Å². The summed E-state index contributed by atoms with van der Waals surface area (Å²) in [5.74, 6) is 0.596. The zero-order valence-corrected chi connectivity index (χ0v) is 9.03. The van der Waals surface area contributed by atoms with E-state index in [1.165, 1.54) is 0 Å². The van der Waals surface area contributed by atoms with E-state index in [2.05, 4.69) is 9.97 Å². The predicted molar refractivity (Wildman–Crippen MR) is 59.9 cm³/mol. The van der Waals surface area contributed by atoms with Gasteiger partial charge >= 0.3 is 11.7 Å². The van der Waals surface area contributed by atoms with Crippen LogP contribution in [0, 0.1) is 17.0 Å². The SMILES string of the molecule is Cc1cccc(Oc2ncc([N+](=O)[O-])cn2)c1. The lowest BCUT2D eigenvalue weighted by Gasteiger charge is -2.03. The second-order valence-electron chi connectivity index (χ2n) is 3.40. The Labute approximate surface area is 97.1 Å². The van der Waals surface area contributed by atoms with Crippen molar-refractivity contribution in [3.8, 4) is 11.8 Å². The van der Waals surface area contributed by atoms with Crippen molar-refractivity contribution in [3.63, 3.8) is 0 Å². The van der Waals surface area contributed by atoms with Crippen LogP contribution < -0.4 is 4.74 Å². The van der Waals surface area contributed by atoms with Crippen molar-refractivity contribution < 1.29 is 9.66 Å². The summed E-state index contributed by atoms with van der Waals surface area (Å²) in [6, 6.07) is 7.45. The highest BCUT2D eigenvalue weighted by molar-refractivity contribution is 5.30. The zero-order chi connectivity index (χ0) is 12.3. The summed E-state index contributed by atoms with van der Waals surface area (Å²) in [5, 5.41) is 10.4. The first-order chi connectivity index (χ1) is 8.15. The smallest absolute Gasteiger partial charge is 0.322 e. The molecule has 0 amide bonds. The Hall–Kier alpha value is -2.50. The molecule has 2 rings (SSSR count). The predicted octanol–water partition coefficient (Wildman–Crippen LogP) is 2.49. The zero-order valence-electron chi connectivity index (χ0n) is 9.03. The van der Waals surface area contributed by atoms with Crippen LogP contribution in [0.15, 0.2) is 36.7 Å². The number of hydrogen-bond acceptors (Lipinski definition) is 5. The van der Waals surface area contributed by atoms with Crippen LogP contribution in [0.3, 0.4) is 0 Å². The number of nitrogens with zero attached hydrogens (tertiary/aromatic N) is 3. The van der Waals surface area contributed by atoms with Crippen LogP contribution in [0.1, 0.15) is 5.56 Å². The molecule has 0 radical (unpaired) electrons. The number of hydrogen-bond donors (Lipinski definition) is 0. The van der Waals surface area contributed by atoms with Gasteiger partial charge in [-0.3, -0.25) is 10.1 Å². The Balaban J connectivity index is 2.16. The highest BCUT2D eigenvalue weighted by atomic mass is 16.6. The van der Waals surface area contributed by atoms with Gasteiger partial charge in [-0.05, 0) is 24.6 Å². The fourth-order valence-corrected chi connectivity index (χ4v) is 1.24. The van der Waals surface area contributed by atoms with E-state index in [4.69, 9.17) is 4.74 Å². The highest BCUT2D eigenvalue weighted by Gasteiger charge is 2.07. The molecule has 0 aliphatic carbocycles. The van der Waals surface area contributed by atoms with Crippen molar-refractivity contribution in [2.45, 2.75) is 6.92 Å². The first kappa shape index (κ1) is 11.0. The molecule has 0 fully saturated rings. The fraction of sp³-hybridized carbons (Fsp3) is 0.0909. The molecule has 1 heterocycles. The highest BCUT2D eigenvalue weighted by Crippen LogP contribution is 2.19. The van der Waals surface area contributed by atoms with Crippen LogP contribution in [-0.2, 0) is 0 Å². The lowest BCUT2D eigenvalue weighted by atomic mass is 10.2. The van der Waals surface area contributed by atoms with Gasteiger partial charge in [0.1, 0.15) is 18.1 Å². The summed E-state index contributed by atoms with van der Waals surface area (Å²) in [4.78, 5) is 17.3. The Morgan fingerprint density at radius 2 is 2.00 bits per heavy atom. The Bertz CT molecular complexity index is 540. The second kappa shape index (κ2) is 4.56. The molecule has 6 nitrogen and oxygen atoms in total. The van der Waals surface area contributed by atoms with Gasteiger partial charge < -0.3 is 4.74 Å². The van der Waals surface area contributed by atoms with Crippen molar-refractivity contribution in [1.82, 2.24) is 9.97 Å². The summed E-state index contributed by atoms with van der Waals surface area (Å²) in [7, 11) is 0. The van der Waals surface area contributed by atoms with Crippen LogP contribution in [0.25, 0.3) is 0 Å². The molecular formula is C11H9N3O3.